The summed E-state index contributed by atoms with van der Waals surface area (Å²) >= 11 is 0. The van der Waals surface area contributed by atoms with Crippen LogP contribution in [0.5, 0.6) is 5.75 Å². The maximum atomic E-state index is 12.2. The van der Waals surface area contributed by atoms with Gasteiger partial charge in [0.1, 0.15) is 5.75 Å². The Labute approximate surface area is 271 Å². The van der Waals surface area contributed by atoms with Gasteiger partial charge in [-0.1, -0.05) is 13.0 Å². The predicted molar refractivity (Wildman–Crippen MR) is 127 cm³/mol. The molecule has 0 aromatic heterocycles. The minimum atomic E-state index is -5.61. The van der Waals surface area contributed by atoms with Crippen LogP contribution in [-0.4, -0.2) is 45.1 Å². The number of ether oxygens (including phenoxy) is 1. The van der Waals surface area contributed by atoms with Crippen LogP contribution < -0.4 is 84.3 Å². The van der Waals surface area contributed by atoms with Crippen LogP contribution in [0.3, 0.4) is 0 Å². The first-order chi connectivity index (χ1) is 17.2. The maximum Gasteiger partial charge on any atom is 1.00 e. The number of amides is 2. The van der Waals surface area contributed by atoms with E-state index in [1.807, 2.05) is 12.1 Å². The molecule has 0 aliphatic heterocycles. The number of nitrogens with one attached hydrogen (secondary N) is 2. The van der Waals surface area contributed by atoms with Crippen LogP contribution in [0.1, 0.15) is 62.5 Å². The van der Waals surface area contributed by atoms with Gasteiger partial charge in [-0.25, -0.2) is 4.79 Å². The van der Waals surface area contributed by atoms with Crippen LogP contribution in [0.4, 0.5) is 4.79 Å². The van der Waals surface area contributed by atoms with Gasteiger partial charge in [0.2, 0.25) is 5.91 Å². The van der Waals surface area contributed by atoms with Crippen molar-refractivity contribution in [3.05, 3.63) is 29.3 Å². The molecule has 5 unspecified atom stereocenters. The molecule has 2 saturated carbocycles. The Bertz CT molecular complexity index is 1140. The van der Waals surface area contributed by atoms with Crippen LogP contribution in [0.15, 0.2) is 18.2 Å². The molecule has 16 heteroatoms. The number of aliphatic hydroxyl groups excluding tert-OH is 1. The van der Waals surface area contributed by atoms with E-state index in [0.29, 0.717) is 23.5 Å². The molecule has 1 aromatic rings. The summed E-state index contributed by atoms with van der Waals surface area (Å²) in [6.07, 6.45) is 4.17. The summed E-state index contributed by atoms with van der Waals surface area (Å²) in [5, 5.41) is 14.3. The number of rotatable bonds is 7. The van der Waals surface area contributed by atoms with E-state index in [1.54, 1.807) is 6.07 Å². The van der Waals surface area contributed by atoms with Crippen LogP contribution in [-0.2, 0) is 20.3 Å². The minimum absolute atomic E-state index is 0. The summed E-state index contributed by atoms with van der Waals surface area (Å²) < 4.78 is 27.5. The zero-order chi connectivity index (χ0) is 27.2. The Balaban J connectivity index is 0.00000267. The van der Waals surface area contributed by atoms with Gasteiger partial charge < -0.3 is 49.2 Å². The van der Waals surface area contributed by atoms with E-state index in [0.717, 1.165) is 44.1 Å². The van der Waals surface area contributed by atoms with Gasteiger partial charge in [0, 0.05) is 13.0 Å². The fraction of sp³-hybridized carbons (Fsp3) is 0.652. The Morgan fingerprint density at radius 1 is 1.13 bits per heavy atom. The van der Waals surface area contributed by atoms with Crippen molar-refractivity contribution in [2.24, 2.45) is 17.3 Å². The normalized spacial score (nSPS) is 30.8. The summed E-state index contributed by atoms with van der Waals surface area (Å²) in [4.78, 5) is 64.0. The fourth-order valence-corrected chi connectivity index (χ4v) is 8.67. The van der Waals surface area contributed by atoms with Crippen molar-refractivity contribution in [3.63, 3.8) is 0 Å². The second-order valence-electron chi connectivity index (χ2n) is 10.5. The van der Waals surface area contributed by atoms with E-state index in [1.165, 1.54) is 10.9 Å². The Hall–Kier alpha value is 0.220. The number of hydrogen-bond donors (Lipinski definition) is 5. The molecule has 7 atom stereocenters. The molecular formula is C23H32N2Na2O10P2. The average molecular weight is 604 g/mol. The molecule has 0 heterocycles. The molecule has 5 N–H and O–H groups in total. The molecule has 12 nitrogen and oxygen atoms in total. The summed E-state index contributed by atoms with van der Waals surface area (Å²) in [5.41, 5.74) is -0.489. The number of fused-ring (bicyclic) bond motifs is 5. The van der Waals surface area contributed by atoms with E-state index >= 15 is 0 Å². The summed E-state index contributed by atoms with van der Waals surface area (Å²) in [6, 6.07) is 5.54. The van der Waals surface area contributed by atoms with Crippen molar-refractivity contribution in [1.82, 2.24) is 10.6 Å². The van der Waals surface area contributed by atoms with Crippen LogP contribution in [0.25, 0.3) is 0 Å². The number of aliphatic hydroxyl groups is 1. The van der Waals surface area contributed by atoms with Crippen molar-refractivity contribution >= 4 is 27.2 Å². The molecule has 2 fully saturated rings. The van der Waals surface area contributed by atoms with Crippen LogP contribution in [0.2, 0.25) is 0 Å². The molecule has 0 bridgehead atoms. The number of carbonyl (C=O) groups is 2. The van der Waals surface area contributed by atoms with Gasteiger partial charge >= 0.3 is 65.2 Å². The monoisotopic (exact) mass is 604 g/mol. The Morgan fingerprint density at radius 2 is 1.79 bits per heavy atom. The predicted octanol–water partition coefficient (Wildman–Crippen LogP) is -5.12. The van der Waals surface area contributed by atoms with E-state index in [9.17, 15) is 33.6 Å². The number of hydrogen-bond acceptors (Lipinski definition) is 8. The van der Waals surface area contributed by atoms with Crippen molar-refractivity contribution < 1.29 is 107 Å². The van der Waals surface area contributed by atoms with Crippen molar-refractivity contribution in [2.45, 2.75) is 69.4 Å². The van der Waals surface area contributed by atoms with Gasteiger partial charge in [-0.15, -0.1) is 0 Å². The molecule has 2 amide bonds. The Morgan fingerprint density at radius 3 is 2.44 bits per heavy atom. The van der Waals surface area contributed by atoms with Gasteiger partial charge in [0.15, 0.2) is 20.7 Å². The van der Waals surface area contributed by atoms with Gasteiger partial charge in [-0.05, 0) is 85.0 Å². The second kappa shape index (κ2) is 13.7. The van der Waals surface area contributed by atoms with Gasteiger partial charge in [0.05, 0.1) is 6.10 Å². The van der Waals surface area contributed by atoms with Crippen molar-refractivity contribution in [2.75, 3.05) is 6.54 Å². The van der Waals surface area contributed by atoms with Gasteiger partial charge in [-0.3, -0.25) is 4.79 Å². The quantitative estimate of drug-likeness (QED) is 0.148. The Kier molecular flexibility index (Phi) is 12.4. The van der Waals surface area contributed by atoms with E-state index in [2.05, 4.69) is 12.2 Å². The number of benzene rings is 1. The third kappa shape index (κ3) is 7.99. The molecule has 4 rings (SSSR count). The zero-order valence-electron chi connectivity index (χ0n) is 22.4. The standard InChI is InChI=1S/C23H34N2O10P2.2Na/c1-23-10-8-16-15-5-3-14(12-13(15)2-4-17(16)18(23)6-7-19(23)26)35-21(28)24-11-9-20(27)25-22(36(29,30)31)37(32,33)34;;/h3,5,12,16-19,22,26H,2,4,6-11H2,1H3,(H,24,28)(H,25,27)(H2,29,30,31)(H2,32,33,34);;/q;2*+1/p-2/t16?,17?,18?,19-,23-;;/m0../s1. The van der Waals surface area contributed by atoms with Crippen LogP contribution in [0, 0.1) is 17.3 Å². The second-order valence-corrected chi connectivity index (χ2v) is 14.2. The molecular weight excluding hydrogens is 572 g/mol. The van der Waals surface area contributed by atoms with E-state index in [-0.39, 0.29) is 77.2 Å². The summed E-state index contributed by atoms with van der Waals surface area (Å²) in [5.74, 6) is 0.661. The molecule has 1 aromatic carbocycles. The van der Waals surface area contributed by atoms with Gasteiger partial charge in [-0.2, -0.15) is 0 Å². The SMILES string of the molecule is C[C@]12CCC3c4ccc(OC(=O)NCCC(=O)NC(P(=O)([O-])O)P(=O)([O-])O)cc4CCC3C1CC[C@@H]2O.[Na+].[Na+]. The third-order valence-corrected chi connectivity index (χ3v) is 11.6. The van der Waals surface area contributed by atoms with Crippen molar-refractivity contribution in [3.8, 4) is 5.75 Å². The van der Waals surface area contributed by atoms with Crippen molar-refractivity contribution in [1.29, 1.82) is 0 Å². The molecule has 39 heavy (non-hydrogen) atoms. The van der Waals surface area contributed by atoms with Crippen LogP contribution >= 0.6 is 15.2 Å². The topological polar surface area (TPSA) is 208 Å². The van der Waals surface area contributed by atoms with E-state index < -0.39 is 39.1 Å². The largest absolute Gasteiger partial charge is 1.00 e. The molecule has 206 valence electrons. The first-order valence-electron chi connectivity index (χ1n) is 12.3. The molecule has 0 spiro atoms. The molecule has 0 radical (unpaired) electrons. The smallest absolute Gasteiger partial charge is 0.777 e. The molecule has 3 aliphatic carbocycles. The number of aryl methyl sites for hydroxylation is 1. The summed E-state index contributed by atoms with van der Waals surface area (Å²) in [6.45, 7) is 1.91. The number of carbonyl (C=O) groups excluding carboxylic acids is 2. The fourth-order valence-electron chi connectivity index (χ4n) is 6.58. The van der Waals surface area contributed by atoms with E-state index in [4.69, 9.17) is 14.5 Å². The minimum Gasteiger partial charge on any atom is -0.777 e. The molecule has 3 aliphatic rings. The average Bonchev–Trinajstić information content (AvgIpc) is 3.10. The first-order valence-corrected chi connectivity index (χ1v) is 15.6. The zero-order valence-corrected chi connectivity index (χ0v) is 28.2. The first kappa shape index (κ1) is 35.4. The third-order valence-electron chi connectivity index (χ3n) is 8.39. The maximum absolute atomic E-state index is 12.2. The van der Waals surface area contributed by atoms with Gasteiger partial charge in [0.25, 0.3) is 0 Å². The summed E-state index contributed by atoms with van der Waals surface area (Å²) in [7, 11) is -11.2. The molecule has 0 saturated heterocycles.